The first-order valence-electron chi connectivity index (χ1n) is 4.65. The van der Waals surface area contributed by atoms with E-state index in [4.69, 9.17) is 9.94 Å². The third-order valence-electron chi connectivity index (χ3n) is 1.52. The number of amides is 1. The lowest BCUT2D eigenvalue weighted by Crippen LogP contribution is -2.45. The minimum atomic E-state index is -0.946. The molecule has 0 saturated heterocycles. The van der Waals surface area contributed by atoms with Gasteiger partial charge in [0.15, 0.2) is 0 Å². The number of quaternary nitrogens is 1. The lowest BCUT2D eigenvalue weighted by Gasteiger charge is -2.28. The first-order valence-corrected chi connectivity index (χ1v) is 4.65. The molecule has 0 aliphatic rings. The molecule has 0 aliphatic carbocycles. The topological polar surface area (TPSA) is 75.6 Å². The Labute approximate surface area is 89.4 Å². The fraction of sp³-hybridized carbons (Fsp3) is 0.778. The minimum absolute atomic E-state index is 0.129. The van der Waals surface area contributed by atoms with Gasteiger partial charge in [-0.1, -0.05) is 0 Å². The Hall–Kier alpha value is -1.14. The van der Waals surface area contributed by atoms with Crippen molar-refractivity contribution in [3.63, 3.8) is 0 Å². The molecule has 88 valence electrons. The predicted octanol–water partition coefficient (Wildman–Crippen LogP) is -0.396. The molecule has 15 heavy (non-hydrogen) atoms. The van der Waals surface area contributed by atoms with Gasteiger partial charge in [0.25, 0.3) is 0 Å². The standard InChI is InChI=1S/C9H18N2O4/c1-7(12)10-15-8(5-9(13)14)6-11(2,3)4/h8H,5-6H2,1-4H3,(H-,10,12,13,14)/p+1. The van der Waals surface area contributed by atoms with E-state index in [-0.39, 0.29) is 12.3 Å². The van der Waals surface area contributed by atoms with Crippen molar-refractivity contribution in [2.75, 3.05) is 27.7 Å². The Morgan fingerprint density at radius 1 is 1.40 bits per heavy atom. The number of nitrogens with zero attached hydrogens (tertiary/aromatic N) is 1. The predicted molar refractivity (Wildman–Crippen MR) is 53.8 cm³/mol. The molecule has 0 radical (unpaired) electrons. The minimum Gasteiger partial charge on any atom is -0.481 e. The number of hydrogen-bond donors (Lipinski definition) is 2. The van der Waals surface area contributed by atoms with E-state index in [0.717, 1.165) is 0 Å². The van der Waals surface area contributed by atoms with Crippen molar-refractivity contribution in [2.45, 2.75) is 19.4 Å². The molecule has 0 aromatic rings. The number of rotatable bonds is 6. The number of carboxylic acids is 1. The molecular weight excluding hydrogens is 200 g/mol. The number of hydrogen-bond acceptors (Lipinski definition) is 3. The maximum atomic E-state index is 10.6. The zero-order valence-corrected chi connectivity index (χ0v) is 9.61. The second kappa shape index (κ2) is 5.67. The van der Waals surface area contributed by atoms with Crippen molar-refractivity contribution in [2.24, 2.45) is 0 Å². The number of hydroxylamine groups is 1. The quantitative estimate of drug-likeness (QED) is 0.471. The van der Waals surface area contributed by atoms with E-state index in [1.807, 2.05) is 21.1 Å². The highest BCUT2D eigenvalue weighted by Gasteiger charge is 2.22. The highest BCUT2D eigenvalue weighted by atomic mass is 16.7. The van der Waals surface area contributed by atoms with Crippen LogP contribution in [0, 0.1) is 0 Å². The zero-order chi connectivity index (χ0) is 12.1. The van der Waals surface area contributed by atoms with E-state index >= 15 is 0 Å². The second-order valence-electron chi connectivity index (χ2n) is 4.47. The van der Waals surface area contributed by atoms with E-state index in [0.29, 0.717) is 11.0 Å². The summed E-state index contributed by atoms with van der Waals surface area (Å²) in [7, 11) is 5.77. The van der Waals surface area contributed by atoms with Crippen LogP contribution in [-0.2, 0) is 14.4 Å². The smallest absolute Gasteiger partial charge is 0.306 e. The van der Waals surface area contributed by atoms with Gasteiger partial charge in [0.05, 0.1) is 27.6 Å². The molecule has 0 spiro atoms. The van der Waals surface area contributed by atoms with Crippen LogP contribution in [0.4, 0.5) is 0 Å². The van der Waals surface area contributed by atoms with Crippen LogP contribution in [0.15, 0.2) is 0 Å². The normalized spacial score (nSPS) is 13.3. The molecule has 0 saturated carbocycles. The van der Waals surface area contributed by atoms with Gasteiger partial charge >= 0.3 is 5.97 Å². The van der Waals surface area contributed by atoms with Crippen molar-refractivity contribution in [3.05, 3.63) is 0 Å². The van der Waals surface area contributed by atoms with Crippen LogP contribution in [0.1, 0.15) is 13.3 Å². The van der Waals surface area contributed by atoms with E-state index in [1.54, 1.807) is 0 Å². The van der Waals surface area contributed by atoms with Crippen molar-refractivity contribution >= 4 is 11.9 Å². The maximum Gasteiger partial charge on any atom is 0.306 e. The van der Waals surface area contributed by atoms with Gasteiger partial charge in [-0.3, -0.25) is 14.4 Å². The maximum absolute atomic E-state index is 10.6. The molecule has 0 aromatic carbocycles. The highest BCUT2D eigenvalue weighted by Crippen LogP contribution is 2.03. The molecular formula is C9H19N2O4+. The van der Waals surface area contributed by atoms with Crippen molar-refractivity contribution in [3.8, 4) is 0 Å². The van der Waals surface area contributed by atoms with E-state index in [9.17, 15) is 9.59 Å². The molecule has 0 fully saturated rings. The van der Waals surface area contributed by atoms with Gasteiger partial charge < -0.3 is 9.59 Å². The van der Waals surface area contributed by atoms with Crippen LogP contribution in [0.25, 0.3) is 0 Å². The van der Waals surface area contributed by atoms with Gasteiger partial charge in [-0.15, -0.1) is 0 Å². The van der Waals surface area contributed by atoms with Gasteiger partial charge in [0.2, 0.25) is 5.91 Å². The van der Waals surface area contributed by atoms with E-state index in [1.165, 1.54) is 6.92 Å². The third-order valence-corrected chi connectivity index (χ3v) is 1.52. The molecule has 0 bridgehead atoms. The molecule has 0 aliphatic heterocycles. The highest BCUT2D eigenvalue weighted by molar-refractivity contribution is 5.71. The first-order chi connectivity index (χ1) is 6.70. The van der Waals surface area contributed by atoms with Crippen molar-refractivity contribution < 1.29 is 24.0 Å². The van der Waals surface area contributed by atoms with Gasteiger partial charge in [0.1, 0.15) is 12.6 Å². The average molecular weight is 219 g/mol. The van der Waals surface area contributed by atoms with Crippen LogP contribution in [-0.4, -0.2) is 55.3 Å². The zero-order valence-electron chi connectivity index (χ0n) is 9.61. The second-order valence-corrected chi connectivity index (χ2v) is 4.47. The summed E-state index contributed by atoms with van der Waals surface area (Å²) >= 11 is 0. The number of nitrogens with one attached hydrogen (secondary N) is 1. The summed E-state index contributed by atoms with van der Waals surface area (Å²) in [6.45, 7) is 1.82. The molecule has 0 aromatic heterocycles. The Morgan fingerprint density at radius 3 is 2.27 bits per heavy atom. The average Bonchev–Trinajstić information content (AvgIpc) is 1.95. The first kappa shape index (κ1) is 13.9. The van der Waals surface area contributed by atoms with Crippen LogP contribution >= 0.6 is 0 Å². The molecule has 1 atom stereocenters. The third kappa shape index (κ3) is 9.17. The number of carboxylic acid groups (broad SMARTS) is 1. The lowest BCUT2D eigenvalue weighted by molar-refractivity contribution is -0.873. The van der Waals surface area contributed by atoms with Gasteiger partial charge in [-0.05, 0) is 0 Å². The molecule has 2 N–H and O–H groups in total. The fourth-order valence-corrected chi connectivity index (χ4v) is 1.12. The summed E-state index contributed by atoms with van der Waals surface area (Å²) in [6.07, 6.45) is -0.651. The number of aliphatic carboxylic acids is 1. The summed E-state index contributed by atoms with van der Waals surface area (Å²) in [4.78, 5) is 26.1. The van der Waals surface area contributed by atoms with Gasteiger partial charge in [0, 0.05) is 6.92 Å². The summed E-state index contributed by atoms with van der Waals surface area (Å²) < 4.78 is 0.567. The Balaban J connectivity index is 4.18. The number of carbonyl (C=O) groups is 2. The number of carbonyl (C=O) groups excluding carboxylic acids is 1. The molecule has 0 rings (SSSR count). The Morgan fingerprint density at radius 2 is 1.93 bits per heavy atom. The Kier molecular flexibility index (Phi) is 5.24. The molecule has 6 nitrogen and oxygen atoms in total. The van der Waals surface area contributed by atoms with E-state index in [2.05, 4.69) is 5.48 Å². The van der Waals surface area contributed by atoms with Crippen LogP contribution in [0.2, 0.25) is 0 Å². The van der Waals surface area contributed by atoms with Crippen molar-refractivity contribution in [1.82, 2.24) is 5.48 Å². The number of likely N-dealkylation sites (N-methyl/N-ethyl adjacent to an activating group) is 1. The summed E-state index contributed by atoms with van der Waals surface area (Å²) in [6, 6.07) is 0. The van der Waals surface area contributed by atoms with Crippen LogP contribution in [0.3, 0.4) is 0 Å². The SMILES string of the molecule is CC(=O)NOC(CC(=O)O)C[N+](C)(C)C. The molecule has 6 heteroatoms. The Bertz CT molecular complexity index is 235. The largest absolute Gasteiger partial charge is 0.481 e. The summed E-state index contributed by atoms with van der Waals surface area (Å²) in [5, 5.41) is 8.65. The van der Waals surface area contributed by atoms with Crippen molar-refractivity contribution in [1.29, 1.82) is 0 Å². The monoisotopic (exact) mass is 219 g/mol. The summed E-state index contributed by atoms with van der Waals surface area (Å²) in [5.74, 6) is -1.29. The van der Waals surface area contributed by atoms with Gasteiger partial charge in [-0.2, -0.15) is 0 Å². The van der Waals surface area contributed by atoms with Gasteiger partial charge in [-0.25, -0.2) is 5.48 Å². The summed E-state index contributed by atoms with van der Waals surface area (Å²) in [5.41, 5.74) is 2.16. The molecule has 0 heterocycles. The molecule has 1 amide bonds. The van der Waals surface area contributed by atoms with E-state index < -0.39 is 12.1 Å². The molecule has 1 unspecified atom stereocenters. The fourth-order valence-electron chi connectivity index (χ4n) is 1.12. The van der Waals surface area contributed by atoms with Crippen LogP contribution < -0.4 is 5.48 Å². The van der Waals surface area contributed by atoms with Crippen LogP contribution in [0.5, 0.6) is 0 Å². The lowest BCUT2D eigenvalue weighted by atomic mass is 10.2.